The van der Waals surface area contributed by atoms with Crippen LogP contribution in [0.3, 0.4) is 0 Å². The molecule has 0 atom stereocenters. The van der Waals surface area contributed by atoms with Gasteiger partial charge >= 0.3 is 0 Å². The quantitative estimate of drug-likeness (QED) is 0.514. The van der Waals surface area contributed by atoms with E-state index >= 15 is 0 Å². The second-order valence-corrected chi connectivity index (χ2v) is 3.24. The molecule has 6 N–H and O–H groups in total. The highest BCUT2D eigenvalue weighted by molar-refractivity contribution is 4.19. The van der Waals surface area contributed by atoms with Crippen LogP contribution in [0.4, 0.5) is 0 Å². The van der Waals surface area contributed by atoms with Gasteiger partial charge in [-0.25, -0.2) is 0 Å². The van der Waals surface area contributed by atoms with Crippen LogP contribution in [0, 0.1) is 0 Å². The van der Waals surface area contributed by atoms with E-state index in [-0.39, 0.29) is 17.6 Å². The summed E-state index contributed by atoms with van der Waals surface area (Å²) in [6.07, 6.45) is 0. The summed E-state index contributed by atoms with van der Waals surface area (Å²) < 4.78 is 0.844. The van der Waals surface area contributed by atoms with E-state index in [0.29, 0.717) is 0 Å². The van der Waals surface area contributed by atoms with Crippen LogP contribution in [0.25, 0.3) is 0 Å². The fourth-order valence-electron chi connectivity index (χ4n) is 0.300. The fourth-order valence-corrected chi connectivity index (χ4v) is 0.300. The molecule has 5 nitrogen and oxygen atoms in total. The van der Waals surface area contributed by atoms with Crippen LogP contribution in [0.2, 0.25) is 0 Å². The van der Waals surface area contributed by atoms with E-state index in [2.05, 4.69) is 26.9 Å². The minimum atomic E-state index is 0. The van der Waals surface area contributed by atoms with Gasteiger partial charge in [-0.05, 0) is 6.92 Å². The van der Waals surface area contributed by atoms with Crippen molar-refractivity contribution in [3.8, 4) is 0 Å². The fraction of sp³-hybridized carbons (Fsp3) is 1.00. The number of aliphatic hydroxyl groups excluding tert-OH is 1. The van der Waals surface area contributed by atoms with Crippen molar-refractivity contribution in [3.05, 3.63) is 0 Å². The highest BCUT2D eigenvalue weighted by Crippen LogP contribution is 1.84. The zero-order chi connectivity index (χ0) is 8.62. The topological polar surface area (TPSA) is 108 Å². The molecule has 0 aromatic heterocycles. The molecule has 0 spiro atoms. The SMILES string of the molecule is CC[NH3+].C[N+](C)(C)CCO.[OH-].[OH-]. The van der Waals surface area contributed by atoms with Crippen LogP contribution in [0.1, 0.15) is 6.92 Å². The molecule has 5 heteroatoms. The third-order valence-corrected chi connectivity index (χ3v) is 0.771. The number of rotatable bonds is 2. The van der Waals surface area contributed by atoms with E-state index in [9.17, 15) is 0 Å². The maximum atomic E-state index is 8.39. The lowest BCUT2D eigenvalue weighted by Crippen LogP contribution is -2.48. The Morgan fingerprint density at radius 2 is 1.42 bits per heavy atom. The van der Waals surface area contributed by atoms with E-state index in [0.717, 1.165) is 17.6 Å². The lowest BCUT2D eigenvalue weighted by Gasteiger charge is -2.21. The monoisotopic (exact) mass is 184 g/mol. The summed E-state index contributed by atoms with van der Waals surface area (Å²) in [5.41, 5.74) is 3.49. The number of quaternary nitrogens is 2. The van der Waals surface area contributed by atoms with Gasteiger partial charge in [0.1, 0.15) is 6.54 Å². The first kappa shape index (κ1) is 22.6. The third kappa shape index (κ3) is 52.6. The van der Waals surface area contributed by atoms with E-state index < -0.39 is 0 Å². The van der Waals surface area contributed by atoms with Gasteiger partial charge in [-0.1, -0.05) is 0 Å². The van der Waals surface area contributed by atoms with Crippen molar-refractivity contribution < 1.29 is 26.3 Å². The van der Waals surface area contributed by atoms with E-state index in [4.69, 9.17) is 5.11 Å². The highest BCUT2D eigenvalue weighted by atomic mass is 16.3. The Bertz CT molecular complexity index is 64.2. The van der Waals surface area contributed by atoms with Gasteiger partial charge in [0.2, 0.25) is 0 Å². The molecule has 0 heterocycles. The first-order valence-corrected chi connectivity index (χ1v) is 3.68. The van der Waals surface area contributed by atoms with Gasteiger partial charge in [0.25, 0.3) is 0 Å². The minimum Gasteiger partial charge on any atom is -0.870 e. The van der Waals surface area contributed by atoms with Crippen molar-refractivity contribution >= 4 is 0 Å². The van der Waals surface area contributed by atoms with Crippen LogP contribution >= 0.6 is 0 Å². The Balaban J connectivity index is -0.0000000569. The zero-order valence-corrected chi connectivity index (χ0v) is 8.62. The molecule has 0 rings (SSSR count). The lowest BCUT2D eigenvalue weighted by molar-refractivity contribution is -0.870. The van der Waals surface area contributed by atoms with Crippen LogP contribution in [0.15, 0.2) is 0 Å². The molecule has 0 aromatic rings. The molecule has 0 fully saturated rings. The van der Waals surface area contributed by atoms with Crippen LogP contribution < -0.4 is 5.73 Å². The predicted octanol–water partition coefficient (Wildman–Crippen LogP) is -1.42. The Morgan fingerprint density at radius 1 is 1.17 bits per heavy atom. The van der Waals surface area contributed by atoms with Gasteiger partial charge in [-0.15, -0.1) is 0 Å². The van der Waals surface area contributed by atoms with Crippen molar-refractivity contribution in [1.29, 1.82) is 0 Å². The van der Waals surface area contributed by atoms with Crippen molar-refractivity contribution in [2.24, 2.45) is 0 Å². The second-order valence-electron chi connectivity index (χ2n) is 3.24. The Labute approximate surface area is 75.0 Å². The second kappa shape index (κ2) is 13.4. The Kier molecular flexibility index (Phi) is 25.3. The molecule has 0 amide bonds. The molecule has 0 radical (unpaired) electrons. The largest absolute Gasteiger partial charge is 0.870 e. The minimum absolute atomic E-state index is 0. The first-order valence-electron chi connectivity index (χ1n) is 3.68. The molecular weight excluding hydrogens is 160 g/mol. The van der Waals surface area contributed by atoms with E-state index in [1.807, 2.05) is 6.92 Å². The van der Waals surface area contributed by atoms with Gasteiger partial charge in [-0.2, -0.15) is 0 Å². The van der Waals surface area contributed by atoms with E-state index in [1.54, 1.807) is 0 Å². The molecule has 0 aliphatic heterocycles. The van der Waals surface area contributed by atoms with Crippen LogP contribution in [-0.4, -0.2) is 61.4 Å². The summed E-state index contributed by atoms with van der Waals surface area (Å²) in [5.74, 6) is 0. The maximum absolute atomic E-state index is 8.39. The van der Waals surface area contributed by atoms with Crippen molar-refractivity contribution in [2.45, 2.75) is 6.92 Å². The van der Waals surface area contributed by atoms with Crippen molar-refractivity contribution in [1.82, 2.24) is 0 Å². The summed E-state index contributed by atoms with van der Waals surface area (Å²) in [4.78, 5) is 0. The molecule has 0 aliphatic rings. The lowest BCUT2D eigenvalue weighted by atomic mass is 10.5. The smallest absolute Gasteiger partial charge is 0.101 e. The molecule has 0 unspecified atom stereocenters. The van der Waals surface area contributed by atoms with Gasteiger partial charge in [0.15, 0.2) is 0 Å². The van der Waals surface area contributed by atoms with Gasteiger partial charge in [-0.3, -0.25) is 0 Å². The number of nitrogens with zero attached hydrogens (tertiary/aromatic N) is 1. The number of hydrogen-bond acceptors (Lipinski definition) is 3. The summed E-state index contributed by atoms with van der Waals surface area (Å²) in [7, 11) is 6.16. The summed E-state index contributed by atoms with van der Waals surface area (Å²) in [5, 5.41) is 8.39. The zero-order valence-electron chi connectivity index (χ0n) is 8.62. The molecule has 0 saturated heterocycles. The highest BCUT2D eigenvalue weighted by Gasteiger charge is 2.02. The Morgan fingerprint density at radius 3 is 1.42 bits per heavy atom. The normalized spacial score (nSPS) is 8.50. The summed E-state index contributed by atoms with van der Waals surface area (Å²) in [6.45, 7) is 4.13. The molecule has 12 heavy (non-hydrogen) atoms. The first-order chi connectivity index (χ1) is 4.47. The molecule has 0 bridgehead atoms. The van der Waals surface area contributed by atoms with E-state index in [1.165, 1.54) is 0 Å². The maximum Gasteiger partial charge on any atom is 0.101 e. The molecule has 0 saturated carbocycles. The van der Waals surface area contributed by atoms with Gasteiger partial charge in [0, 0.05) is 0 Å². The van der Waals surface area contributed by atoms with Crippen LogP contribution in [-0.2, 0) is 0 Å². The summed E-state index contributed by atoms with van der Waals surface area (Å²) in [6, 6.07) is 0. The predicted molar refractivity (Wildman–Crippen MR) is 47.3 cm³/mol. The standard InChI is InChI=1S/C5H14NO.C2H7N.2H2O/c1-6(2,3)4-5-7;1-2-3;;/h7H,4-5H2,1-3H3;2-3H2,1H3;2*1H2/q+1;;;/p-1. The molecular formula is C7H24N2O3. The number of likely N-dealkylation sites (N-methyl/N-ethyl adjacent to an activating group) is 1. The molecule has 0 aromatic carbocycles. The van der Waals surface area contributed by atoms with Crippen molar-refractivity contribution in [3.63, 3.8) is 0 Å². The van der Waals surface area contributed by atoms with Gasteiger partial charge in [0.05, 0.1) is 34.3 Å². The Hall–Kier alpha value is -0.200. The average Bonchev–Trinajstić information content (AvgIpc) is 1.63. The molecule has 0 aliphatic carbocycles. The molecule has 80 valence electrons. The van der Waals surface area contributed by atoms with Gasteiger partial charge < -0.3 is 26.3 Å². The average molecular weight is 184 g/mol. The van der Waals surface area contributed by atoms with Crippen LogP contribution in [0.5, 0.6) is 0 Å². The third-order valence-electron chi connectivity index (χ3n) is 0.771. The summed E-state index contributed by atoms with van der Waals surface area (Å²) >= 11 is 0. The van der Waals surface area contributed by atoms with Crippen molar-refractivity contribution in [2.75, 3.05) is 40.8 Å². The number of hydrogen-bond donors (Lipinski definition) is 2. The number of aliphatic hydroxyl groups is 1.